The molecule has 2 heteroatoms. The molecule has 3 aromatic rings. The van der Waals surface area contributed by atoms with Crippen molar-refractivity contribution in [3.63, 3.8) is 0 Å². The SMILES string of the molecule is CN(C)CCCc1ccc2c3ccccc3n(C)c2c1. The molecule has 0 spiro atoms. The second-order valence-electron chi connectivity index (χ2n) is 5.83. The molecule has 2 nitrogen and oxygen atoms in total. The molecule has 0 bridgehead atoms. The molecule has 0 aliphatic carbocycles. The third-order valence-electron chi connectivity index (χ3n) is 4.05. The number of nitrogens with zero attached hydrogens (tertiary/aromatic N) is 2. The van der Waals surface area contributed by atoms with Crippen LogP contribution < -0.4 is 0 Å². The van der Waals surface area contributed by atoms with E-state index in [1.54, 1.807) is 0 Å². The Morgan fingerprint density at radius 3 is 2.50 bits per heavy atom. The second kappa shape index (κ2) is 5.29. The van der Waals surface area contributed by atoms with Gasteiger partial charge in [0.25, 0.3) is 0 Å². The van der Waals surface area contributed by atoms with E-state index >= 15 is 0 Å². The quantitative estimate of drug-likeness (QED) is 0.697. The molecule has 0 atom stereocenters. The van der Waals surface area contributed by atoms with E-state index in [2.05, 4.69) is 73.1 Å². The Hall–Kier alpha value is -1.80. The number of benzene rings is 2. The van der Waals surface area contributed by atoms with Crippen molar-refractivity contribution in [3.8, 4) is 0 Å². The normalized spacial score (nSPS) is 11.8. The molecule has 20 heavy (non-hydrogen) atoms. The molecule has 3 rings (SSSR count). The zero-order chi connectivity index (χ0) is 14.1. The van der Waals surface area contributed by atoms with E-state index in [9.17, 15) is 0 Å². The summed E-state index contributed by atoms with van der Waals surface area (Å²) in [6.45, 7) is 1.15. The molecule has 0 fully saturated rings. The summed E-state index contributed by atoms with van der Waals surface area (Å²) in [4.78, 5) is 2.25. The number of fused-ring (bicyclic) bond motifs is 3. The summed E-state index contributed by atoms with van der Waals surface area (Å²) < 4.78 is 2.31. The van der Waals surface area contributed by atoms with Crippen LogP contribution >= 0.6 is 0 Å². The number of para-hydroxylation sites is 1. The van der Waals surface area contributed by atoms with Crippen molar-refractivity contribution >= 4 is 21.8 Å². The minimum atomic E-state index is 1.15. The van der Waals surface area contributed by atoms with Crippen LogP contribution in [-0.2, 0) is 13.5 Å². The molecule has 1 aromatic heterocycles. The summed E-state index contributed by atoms with van der Waals surface area (Å²) in [5.74, 6) is 0. The Labute approximate surface area is 120 Å². The van der Waals surface area contributed by atoms with Gasteiger partial charge in [-0.2, -0.15) is 0 Å². The van der Waals surface area contributed by atoms with Gasteiger partial charge in [-0.25, -0.2) is 0 Å². The maximum Gasteiger partial charge on any atom is 0.0491 e. The molecule has 0 aliphatic rings. The van der Waals surface area contributed by atoms with Crippen LogP contribution in [0.3, 0.4) is 0 Å². The summed E-state index contributed by atoms with van der Waals surface area (Å²) in [6.07, 6.45) is 2.36. The molecule has 1 heterocycles. The maximum atomic E-state index is 2.35. The molecule has 2 aromatic carbocycles. The Morgan fingerprint density at radius 1 is 0.950 bits per heavy atom. The van der Waals surface area contributed by atoms with Gasteiger partial charge >= 0.3 is 0 Å². The highest BCUT2D eigenvalue weighted by Crippen LogP contribution is 2.28. The van der Waals surface area contributed by atoms with Gasteiger partial charge in [0.2, 0.25) is 0 Å². The zero-order valence-corrected chi connectivity index (χ0v) is 12.6. The van der Waals surface area contributed by atoms with Crippen molar-refractivity contribution in [2.75, 3.05) is 20.6 Å². The fourth-order valence-corrected chi connectivity index (χ4v) is 2.96. The summed E-state index contributed by atoms with van der Waals surface area (Å²) in [7, 11) is 6.43. The van der Waals surface area contributed by atoms with Crippen molar-refractivity contribution in [2.24, 2.45) is 7.05 Å². The average Bonchev–Trinajstić information content (AvgIpc) is 2.73. The van der Waals surface area contributed by atoms with Gasteiger partial charge in [-0.15, -0.1) is 0 Å². The third-order valence-corrected chi connectivity index (χ3v) is 4.05. The van der Waals surface area contributed by atoms with E-state index in [-0.39, 0.29) is 0 Å². The molecule has 0 saturated heterocycles. The van der Waals surface area contributed by atoms with Crippen LogP contribution in [0.25, 0.3) is 21.8 Å². The van der Waals surface area contributed by atoms with Crippen LogP contribution in [-0.4, -0.2) is 30.1 Å². The predicted octanol–water partition coefficient (Wildman–Crippen LogP) is 3.83. The molecule has 0 amide bonds. The summed E-state index contributed by atoms with van der Waals surface area (Å²) in [6, 6.07) is 15.6. The van der Waals surface area contributed by atoms with E-state index in [0.29, 0.717) is 0 Å². The number of rotatable bonds is 4. The highest BCUT2D eigenvalue weighted by molar-refractivity contribution is 6.08. The summed E-state index contributed by atoms with van der Waals surface area (Å²) in [5.41, 5.74) is 4.09. The molecular formula is C18H22N2. The molecular weight excluding hydrogens is 244 g/mol. The van der Waals surface area contributed by atoms with E-state index in [0.717, 1.165) is 13.0 Å². The first-order valence-electron chi connectivity index (χ1n) is 7.27. The van der Waals surface area contributed by atoms with Gasteiger partial charge in [-0.1, -0.05) is 30.3 Å². The smallest absolute Gasteiger partial charge is 0.0491 e. The van der Waals surface area contributed by atoms with Crippen LogP contribution in [0, 0.1) is 0 Å². The highest BCUT2D eigenvalue weighted by atomic mass is 15.0. The van der Waals surface area contributed by atoms with Crippen LogP contribution in [0.1, 0.15) is 12.0 Å². The lowest BCUT2D eigenvalue weighted by molar-refractivity contribution is 0.400. The Balaban J connectivity index is 1.99. The second-order valence-corrected chi connectivity index (χ2v) is 5.83. The number of aryl methyl sites for hydroxylation is 2. The third kappa shape index (κ3) is 2.32. The Bertz CT molecular complexity index is 738. The van der Waals surface area contributed by atoms with Crippen molar-refractivity contribution in [3.05, 3.63) is 48.0 Å². The predicted molar refractivity (Wildman–Crippen MR) is 87.3 cm³/mol. The summed E-state index contributed by atoms with van der Waals surface area (Å²) >= 11 is 0. The molecule has 0 saturated carbocycles. The molecule has 0 aliphatic heterocycles. The molecule has 0 radical (unpaired) electrons. The number of aromatic nitrogens is 1. The fraction of sp³-hybridized carbons (Fsp3) is 0.333. The van der Waals surface area contributed by atoms with Crippen molar-refractivity contribution in [2.45, 2.75) is 12.8 Å². The van der Waals surface area contributed by atoms with Crippen LogP contribution in [0.5, 0.6) is 0 Å². The van der Waals surface area contributed by atoms with Gasteiger partial charge in [-0.3, -0.25) is 0 Å². The van der Waals surface area contributed by atoms with E-state index in [4.69, 9.17) is 0 Å². The lowest BCUT2D eigenvalue weighted by Crippen LogP contribution is -2.13. The number of hydrogen-bond donors (Lipinski definition) is 0. The van der Waals surface area contributed by atoms with Crippen LogP contribution in [0.2, 0.25) is 0 Å². The highest BCUT2D eigenvalue weighted by Gasteiger charge is 2.07. The van der Waals surface area contributed by atoms with Crippen LogP contribution in [0.15, 0.2) is 42.5 Å². The molecule has 0 unspecified atom stereocenters. The molecule has 104 valence electrons. The van der Waals surface area contributed by atoms with Gasteiger partial charge in [0.15, 0.2) is 0 Å². The van der Waals surface area contributed by atoms with Gasteiger partial charge in [0, 0.05) is 28.9 Å². The van der Waals surface area contributed by atoms with Gasteiger partial charge < -0.3 is 9.47 Å². The maximum absolute atomic E-state index is 2.35. The fourth-order valence-electron chi connectivity index (χ4n) is 2.96. The lowest BCUT2D eigenvalue weighted by atomic mass is 10.1. The minimum absolute atomic E-state index is 1.15. The minimum Gasteiger partial charge on any atom is -0.344 e. The van der Waals surface area contributed by atoms with E-state index < -0.39 is 0 Å². The van der Waals surface area contributed by atoms with Gasteiger partial charge in [0.05, 0.1) is 0 Å². The van der Waals surface area contributed by atoms with Crippen molar-refractivity contribution in [1.29, 1.82) is 0 Å². The van der Waals surface area contributed by atoms with E-state index in [1.165, 1.54) is 33.8 Å². The van der Waals surface area contributed by atoms with Crippen molar-refractivity contribution < 1.29 is 0 Å². The summed E-state index contributed by atoms with van der Waals surface area (Å²) in [5, 5.41) is 2.71. The number of hydrogen-bond acceptors (Lipinski definition) is 1. The van der Waals surface area contributed by atoms with Crippen LogP contribution in [0.4, 0.5) is 0 Å². The largest absolute Gasteiger partial charge is 0.344 e. The average molecular weight is 266 g/mol. The lowest BCUT2D eigenvalue weighted by Gasteiger charge is -2.09. The van der Waals surface area contributed by atoms with E-state index in [1.807, 2.05) is 0 Å². The topological polar surface area (TPSA) is 8.17 Å². The first-order chi connectivity index (χ1) is 9.66. The Kier molecular flexibility index (Phi) is 3.49. The first-order valence-corrected chi connectivity index (χ1v) is 7.27. The molecule has 0 N–H and O–H groups in total. The first kappa shape index (κ1) is 13.2. The van der Waals surface area contributed by atoms with Gasteiger partial charge in [0.1, 0.15) is 0 Å². The Morgan fingerprint density at radius 2 is 1.70 bits per heavy atom. The van der Waals surface area contributed by atoms with Gasteiger partial charge in [-0.05, 0) is 51.2 Å². The monoisotopic (exact) mass is 266 g/mol. The van der Waals surface area contributed by atoms with Crippen molar-refractivity contribution in [1.82, 2.24) is 9.47 Å². The standard InChI is InChI=1S/C18H22N2/c1-19(2)12-6-7-14-10-11-16-15-8-4-5-9-17(15)20(3)18(16)13-14/h4-5,8-11,13H,6-7,12H2,1-3H3. The zero-order valence-electron chi connectivity index (χ0n) is 12.6.